The number of hydrogen-bond donors (Lipinski definition) is 0. The molecule has 0 fully saturated rings. The van der Waals surface area contributed by atoms with Crippen LogP contribution >= 0.6 is 11.6 Å². The summed E-state index contributed by atoms with van der Waals surface area (Å²) in [5, 5.41) is 0.787. The topological polar surface area (TPSA) is 12.9 Å². The van der Waals surface area contributed by atoms with Crippen LogP contribution in [0.3, 0.4) is 0 Å². The fourth-order valence-electron chi connectivity index (χ4n) is 2.37. The molecule has 0 bridgehead atoms. The third-order valence-corrected chi connectivity index (χ3v) is 3.47. The predicted molar refractivity (Wildman–Crippen MR) is 71.2 cm³/mol. The summed E-state index contributed by atoms with van der Waals surface area (Å²) in [7, 11) is 0. The minimum Gasteiger partial charge on any atom is -0.261 e. The van der Waals surface area contributed by atoms with Crippen LogP contribution < -0.4 is 0 Å². The summed E-state index contributed by atoms with van der Waals surface area (Å²) >= 11 is 6.04. The van der Waals surface area contributed by atoms with E-state index < -0.39 is 0 Å². The first kappa shape index (κ1) is 10.5. The van der Waals surface area contributed by atoms with Crippen LogP contribution in [0.1, 0.15) is 22.4 Å². The monoisotopic (exact) mass is 241 g/mol. The molecule has 0 radical (unpaired) electrons. The van der Waals surface area contributed by atoms with Crippen molar-refractivity contribution in [1.82, 2.24) is 4.98 Å². The fraction of sp³-hybridized carbons (Fsp3) is 0.133. The van der Waals surface area contributed by atoms with Gasteiger partial charge in [-0.25, -0.2) is 0 Å². The average Bonchev–Trinajstić information content (AvgIpc) is 2.48. The van der Waals surface area contributed by atoms with Gasteiger partial charge in [-0.3, -0.25) is 4.98 Å². The zero-order chi connectivity index (χ0) is 11.8. The molecule has 0 spiro atoms. The molecule has 1 aliphatic rings. The van der Waals surface area contributed by atoms with Crippen molar-refractivity contribution >= 4 is 17.2 Å². The Morgan fingerprint density at radius 2 is 2.00 bits per heavy atom. The van der Waals surface area contributed by atoms with Crippen LogP contribution in [0.25, 0.3) is 5.57 Å². The molecule has 0 saturated heterocycles. The lowest BCUT2D eigenvalue weighted by Crippen LogP contribution is -1.94. The second-order valence-electron chi connectivity index (χ2n) is 4.28. The molecule has 3 rings (SSSR count). The number of rotatable bonds is 0. The molecule has 2 heteroatoms. The van der Waals surface area contributed by atoms with Gasteiger partial charge in [-0.2, -0.15) is 0 Å². The second-order valence-corrected chi connectivity index (χ2v) is 4.71. The molecule has 2 aromatic rings. The molecule has 1 heterocycles. The van der Waals surface area contributed by atoms with Crippen LogP contribution in [0.15, 0.2) is 43.1 Å². The van der Waals surface area contributed by atoms with E-state index in [1.54, 1.807) is 0 Å². The number of aromatic nitrogens is 1. The maximum absolute atomic E-state index is 6.04. The highest BCUT2D eigenvalue weighted by atomic mass is 35.5. The lowest BCUT2D eigenvalue weighted by Gasteiger charge is -2.09. The van der Waals surface area contributed by atoms with Crippen LogP contribution in [0, 0.1) is 0 Å². The van der Waals surface area contributed by atoms with E-state index in [0.29, 0.717) is 0 Å². The molecule has 1 aromatic carbocycles. The van der Waals surface area contributed by atoms with Gasteiger partial charge in [0.05, 0.1) is 0 Å². The van der Waals surface area contributed by atoms with Crippen molar-refractivity contribution in [2.75, 3.05) is 0 Å². The molecule has 17 heavy (non-hydrogen) atoms. The van der Waals surface area contributed by atoms with Gasteiger partial charge in [0.15, 0.2) is 0 Å². The van der Waals surface area contributed by atoms with Crippen molar-refractivity contribution < 1.29 is 0 Å². The van der Waals surface area contributed by atoms with Gasteiger partial charge >= 0.3 is 0 Å². The second kappa shape index (κ2) is 4.01. The highest BCUT2D eigenvalue weighted by Crippen LogP contribution is 2.32. The number of halogens is 1. The number of nitrogens with zero attached hydrogens (tertiary/aromatic N) is 1. The molecule has 84 valence electrons. The van der Waals surface area contributed by atoms with E-state index in [-0.39, 0.29) is 0 Å². The molecule has 0 N–H and O–H groups in total. The maximum Gasteiger partial charge on any atom is 0.0485 e. The van der Waals surface area contributed by atoms with E-state index in [1.165, 1.54) is 11.1 Å². The smallest absolute Gasteiger partial charge is 0.0485 e. The van der Waals surface area contributed by atoms with Crippen molar-refractivity contribution in [3.63, 3.8) is 0 Å². The van der Waals surface area contributed by atoms with Gasteiger partial charge in [-0.05, 0) is 47.7 Å². The minimum atomic E-state index is 0.787. The van der Waals surface area contributed by atoms with Crippen molar-refractivity contribution in [2.45, 2.75) is 12.8 Å². The van der Waals surface area contributed by atoms with Gasteiger partial charge in [-0.15, -0.1) is 0 Å². The van der Waals surface area contributed by atoms with Gasteiger partial charge in [-0.1, -0.05) is 30.3 Å². The molecular weight excluding hydrogens is 230 g/mol. The summed E-state index contributed by atoms with van der Waals surface area (Å²) in [6, 6.07) is 10.1. The standard InChI is InChI=1S/C15H12ClN/c1-10-13-6-5-12(16)9-11(13)4-7-15-14(10)3-2-8-17-15/h2-3,5-6,8-9H,1,4,7H2. The first-order valence-corrected chi connectivity index (χ1v) is 6.05. The van der Waals surface area contributed by atoms with Crippen LogP contribution in [-0.2, 0) is 12.8 Å². The Hall–Kier alpha value is -1.60. The predicted octanol–water partition coefficient (Wildman–Crippen LogP) is 3.90. The number of hydrogen-bond acceptors (Lipinski definition) is 1. The molecule has 0 aliphatic heterocycles. The molecule has 0 amide bonds. The lowest BCUT2D eigenvalue weighted by molar-refractivity contribution is 0.918. The Kier molecular flexibility index (Phi) is 2.49. The minimum absolute atomic E-state index is 0.787. The number of pyridine rings is 1. The number of aryl methyl sites for hydroxylation is 2. The highest BCUT2D eigenvalue weighted by molar-refractivity contribution is 6.30. The van der Waals surface area contributed by atoms with Gasteiger partial charge in [0.25, 0.3) is 0 Å². The van der Waals surface area contributed by atoms with Crippen molar-refractivity contribution in [2.24, 2.45) is 0 Å². The zero-order valence-corrected chi connectivity index (χ0v) is 10.2. The Morgan fingerprint density at radius 3 is 2.88 bits per heavy atom. The molecule has 0 saturated carbocycles. The first-order valence-electron chi connectivity index (χ1n) is 5.67. The van der Waals surface area contributed by atoms with Gasteiger partial charge in [0.2, 0.25) is 0 Å². The quantitative estimate of drug-likeness (QED) is 0.682. The Morgan fingerprint density at radius 1 is 1.12 bits per heavy atom. The molecule has 1 nitrogen and oxygen atoms in total. The number of benzene rings is 1. The van der Waals surface area contributed by atoms with Gasteiger partial charge in [0, 0.05) is 22.5 Å². The van der Waals surface area contributed by atoms with Crippen LogP contribution in [0.5, 0.6) is 0 Å². The summed E-state index contributed by atoms with van der Waals surface area (Å²) in [4.78, 5) is 4.44. The average molecular weight is 242 g/mol. The SMILES string of the molecule is C=C1c2ccc(Cl)cc2CCc2ncccc21. The zero-order valence-electron chi connectivity index (χ0n) is 9.41. The summed E-state index contributed by atoms with van der Waals surface area (Å²) in [6.07, 6.45) is 3.76. The van der Waals surface area contributed by atoms with Crippen molar-refractivity contribution in [3.05, 3.63) is 70.5 Å². The summed E-state index contributed by atoms with van der Waals surface area (Å²) in [5.41, 5.74) is 5.80. The van der Waals surface area contributed by atoms with Crippen LogP contribution in [0.2, 0.25) is 5.02 Å². The molecule has 1 aliphatic carbocycles. The Labute approximate surface area is 106 Å². The molecular formula is C15H12ClN. The van der Waals surface area contributed by atoms with Crippen LogP contribution in [0.4, 0.5) is 0 Å². The third-order valence-electron chi connectivity index (χ3n) is 3.24. The lowest BCUT2D eigenvalue weighted by atomic mass is 9.97. The fourth-order valence-corrected chi connectivity index (χ4v) is 2.57. The van der Waals surface area contributed by atoms with E-state index >= 15 is 0 Å². The largest absolute Gasteiger partial charge is 0.261 e. The number of fused-ring (bicyclic) bond motifs is 2. The third kappa shape index (κ3) is 1.77. The van der Waals surface area contributed by atoms with E-state index in [0.717, 1.165) is 34.7 Å². The van der Waals surface area contributed by atoms with Gasteiger partial charge in [0.1, 0.15) is 0 Å². The maximum atomic E-state index is 6.04. The molecule has 1 aromatic heterocycles. The summed E-state index contributed by atoms with van der Waals surface area (Å²) < 4.78 is 0. The van der Waals surface area contributed by atoms with E-state index in [9.17, 15) is 0 Å². The summed E-state index contributed by atoms with van der Waals surface area (Å²) in [5.74, 6) is 0. The molecule has 0 atom stereocenters. The van der Waals surface area contributed by atoms with Gasteiger partial charge < -0.3 is 0 Å². The van der Waals surface area contributed by atoms with E-state index in [2.05, 4.69) is 23.7 Å². The van der Waals surface area contributed by atoms with E-state index in [4.69, 9.17) is 11.6 Å². The van der Waals surface area contributed by atoms with Crippen LogP contribution in [-0.4, -0.2) is 4.98 Å². The van der Waals surface area contributed by atoms with Crippen molar-refractivity contribution in [3.8, 4) is 0 Å². The Bertz CT molecular complexity index is 602. The first-order chi connectivity index (χ1) is 8.25. The summed E-state index contributed by atoms with van der Waals surface area (Å²) in [6.45, 7) is 4.20. The normalized spacial score (nSPS) is 13.8. The Balaban J connectivity index is 2.20. The molecule has 0 unspecified atom stereocenters. The van der Waals surface area contributed by atoms with Crippen molar-refractivity contribution in [1.29, 1.82) is 0 Å². The highest BCUT2D eigenvalue weighted by Gasteiger charge is 2.17. The van der Waals surface area contributed by atoms with E-state index in [1.807, 2.05) is 24.4 Å².